The van der Waals surface area contributed by atoms with Crippen molar-refractivity contribution in [2.75, 3.05) is 12.3 Å². The van der Waals surface area contributed by atoms with Crippen molar-refractivity contribution in [3.05, 3.63) is 41.4 Å². The maximum atomic E-state index is 11.6. The summed E-state index contributed by atoms with van der Waals surface area (Å²) in [6, 6.07) is 8.86. The minimum absolute atomic E-state index is 0.103. The smallest absolute Gasteiger partial charge is 0.265 e. The fraction of sp³-hybridized carbons (Fsp3) is 0.154. The van der Waals surface area contributed by atoms with Gasteiger partial charge in [0.15, 0.2) is 5.13 Å². The van der Waals surface area contributed by atoms with Crippen LogP contribution in [0.2, 0.25) is 0 Å². The Hall–Kier alpha value is -2.41. The standard InChI is InChI=1S/C13H13N4O2S/c14-13-17-10(8-20-13)6-11(18)15-7-12(19)16-9-4-2-1-3-5-9/h1-5,8H,6-7H2,(H2,14,17)(H,15,18). The summed E-state index contributed by atoms with van der Waals surface area (Å²) in [5.41, 5.74) is 6.63. The van der Waals surface area contributed by atoms with Gasteiger partial charge in [-0.2, -0.15) is 0 Å². The van der Waals surface area contributed by atoms with Crippen LogP contribution in [0.3, 0.4) is 0 Å². The summed E-state index contributed by atoms with van der Waals surface area (Å²) in [5, 5.41) is 8.49. The second kappa shape index (κ2) is 6.67. The van der Waals surface area contributed by atoms with E-state index in [1.165, 1.54) is 11.3 Å². The molecule has 103 valence electrons. The lowest BCUT2D eigenvalue weighted by Gasteiger charge is -2.03. The first kappa shape index (κ1) is 14.0. The van der Waals surface area contributed by atoms with E-state index in [4.69, 9.17) is 5.73 Å². The number of nitrogens with zero attached hydrogens (tertiary/aromatic N) is 2. The molecule has 1 heterocycles. The topological polar surface area (TPSA) is 99.2 Å². The lowest BCUT2D eigenvalue weighted by atomic mass is 10.3. The second-order valence-corrected chi connectivity index (χ2v) is 4.86. The highest BCUT2D eigenvalue weighted by Gasteiger charge is 2.09. The van der Waals surface area contributed by atoms with E-state index in [9.17, 15) is 9.59 Å². The van der Waals surface area contributed by atoms with Crippen LogP contribution in [0.15, 0.2) is 35.7 Å². The molecule has 0 saturated heterocycles. The van der Waals surface area contributed by atoms with E-state index in [0.29, 0.717) is 16.5 Å². The number of para-hydroxylation sites is 1. The summed E-state index contributed by atoms with van der Waals surface area (Å²) in [4.78, 5) is 27.1. The number of benzene rings is 1. The molecule has 20 heavy (non-hydrogen) atoms. The van der Waals surface area contributed by atoms with E-state index in [0.717, 1.165) is 0 Å². The molecule has 6 nitrogen and oxygen atoms in total. The molecule has 0 aliphatic carbocycles. The Kier molecular flexibility index (Phi) is 4.67. The highest BCUT2D eigenvalue weighted by Crippen LogP contribution is 2.11. The SMILES string of the molecule is Nc1nc(CC(=O)NCC(=O)[N]c2ccccc2)cs1. The largest absolute Gasteiger partial charge is 0.375 e. The summed E-state index contributed by atoms with van der Waals surface area (Å²) in [6.45, 7) is -0.132. The molecular weight excluding hydrogens is 276 g/mol. The number of aromatic nitrogens is 1. The van der Waals surface area contributed by atoms with Crippen LogP contribution in [-0.2, 0) is 16.0 Å². The lowest BCUT2D eigenvalue weighted by Crippen LogP contribution is -2.33. The molecule has 1 radical (unpaired) electrons. The van der Waals surface area contributed by atoms with Crippen molar-refractivity contribution in [1.82, 2.24) is 15.6 Å². The molecule has 0 saturated carbocycles. The summed E-state index contributed by atoms with van der Waals surface area (Å²) in [7, 11) is 0. The van der Waals surface area contributed by atoms with Gasteiger partial charge in [0.1, 0.15) is 0 Å². The third-order valence-corrected chi connectivity index (χ3v) is 3.08. The van der Waals surface area contributed by atoms with E-state index >= 15 is 0 Å². The average molecular weight is 289 g/mol. The lowest BCUT2D eigenvalue weighted by molar-refractivity contribution is -0.125. The molecule has 3 N–H and O–H groups in total. The maximum Gasteiger partial charge on any atom is 0.265 e. The average Bonchev–Trinajstić information content (AvgIpc) is 2.83. The number of nitrogens with one attached hydrogen (secondary N) is 1. The summed E-state index contributed by atoms with van der Waals surface area (Å²) in [5.74, 6) is -0.686. The van der Waals surface area contributed by atoms with Gasteiger partial charge in [-0.25, -0.2) is 10.3 Å². The molecule has 1 aromatic carbocycles. The van der Waals surface area contributed by atoms with Gasteiger partial charge in [0, 0.05) is 5.38 Å². The van der Waals surface area contributed by atoms with Gasteiger partial charge in [-0.1, -0.05) is 18.2 Å². The van der Waals surface area contributed by atoms with Gasteiger partial charge >= 0.3 is 0 Å². The number of carbonyl (C=O) groups excluding carboxylic acids is 2. The fourth-order valence-electron chi connectivity index (χ4n) is 1.49. The Morgan fingerprint density at radius 2 is 2.05 bits per heavy atom. The third kappa shape index (κ3) is 4.36. The van der Waals surface area contributed by atoms with E-state index in [2.05, 4.69) is 15.6 Å². The molecule has 0 spiro atoms. The Bertz CT molecular complexity index is 597. The first-order valence-electron chi connectivity index (χ1n) is 5.89. The first-order chi connectivity index (χ1) is 9.63. The molecule has 2 amide bonds. The van der Waals surface area contributed by atoms with Crippen molar-refractivity contribution in [2.24, 2.45) is 0 Å². The van der Waals surface area contributed by atoms with Crippen molar-refractivity contribution in [3.8, 4) is 0 Å². The van der Waals surface area contributed by atoms with Crippen molar-refractivity contribution in [1.29, 1.82) is 0 Å². The van der Waals surface area contributed by atoms with Crippen LogP contribution in [0, 0.1) is 0 Å². The van der Waals surface area contributed by atoms with Gasteiger partial charge in [0.05, 0.1) is 24.3 Å². The van der Waals surface area contributed by atoms with Crippen molar-refractivity contribution in [2.45, 2.75) is 6.42 Å². The number of hydrogen-bond acceptors (Lipinski definition) is 5. The van der Waals surface area contributed by atoms with Gasteiger partial charge in [-0.05, 0) is 12.1 Å². The number of rotatable bonds is 5. The van der Waals surface area contributed by atoms with Crippen LogP contribution >= 0.6 is 11.3 Å². The number of nitrogen functional groups attached to an aromatic ring is 1. The monoisotopic (exact) mass is 289 g/mol. The van der Waals surface area contributed by atoms with Crippen molar-refractivity contribution < 1.29 is 9.59 Å². The number of amides is 2. The Morgan fingerprint density at radius 1 is 1.30 bits per heavy atom. The zero-order valence-corrected chi connectivity index (χ0v) is 11.4. The van der Waals surface area contributed by atoms with E-state index in [1.54, 1.807) is 29.6 Å². The number of anilines is 1. The van der Waals surface area contributed by atoms with E-state index in [1.807, 2.05) is 6.07 Å². The molecule has 0 unspecified atom stereocenters. The number of carbonyl (C=O) groups is 2. The number of thiazole rings is 1. The number of hydrogen-bond donors (Lipinski definition) is 2. The zero-order chi connectivity index (χ0) is 14.4. The van der Waals surface area contributed by atoms with Crippen LogP contribution in [-0.4, -0.2) is 23.3 Å². The van der Waals surface area contributed by atoms with Crippen molar-refractivity contribution >= 4 is 34.0 Å². The molecule has 0 aliphatic rings. The van der Waals surface area contributed by atoms with Crippen LogP contribution in [0.25, 0.3) is 0 Å². The quantitative estimate of drug-likeness (QED) is 0.852. The fourth-order valence-corrected chi connectivity index (χ4v) is 2.05. The maximum absolute atomic E-state index is 11.6. The molecule has 1 aromatic heterocycles. The van der Waals surface area contributed by atoms with E-state index < -0.39 is 5.91 Å². The Balaban J connectivity index is 1.74. The molecule has 0 bridgehead atoms. The molecule has 0 atom stereocenters. The minimum atomic E-state index is -0.401. The van der Waals surface area contributed by atoms with Crippen LogP contribution in [0.5, 0.6) is 0 Å². The van der Waals surface area contributed by atoms with Gasteiger partial charge in [0.25, 0.3) is 5.91 Å². The van der Waals surface area contributed by atoms with Crippen LogP contribution in [0.1, 0.15) is 5.69 Å². The van der Waals surface area contributed by atoms with Crippen LogP contribution < -0.4 is 16.4 Å². The third-order valence-electron chi connectivity index (χ3n) is 2.36. The molecule has 2 rings (SSSR count). The summed E-state index contributed by atoms with van der Waals surface area (Å²) >= 11 is 1.27. The van der Waals surface area contributed by atoms with Gasteiger partial charge in [0.2, 0.25) is 5.91 Å². The van der Waals surface area contributed by atoms with E-state index in [-0.39, 0.29) is 18.9 Å². The molecule has 2 aromatic rings. The Morgan fingerprint density at radius 3 is 2.70 bits per heavy atom. The first-order valence-corrected chi connectivity index (χ1v) is 6.77. The molecular formula is C13H13N4O2S. The predicted octanol–water partition coefficient (Wildman–Crippen LogP) is 0.847. The highest BCUT2D eigenvalue weighted by molar-refractivity contribution is 7.13. The molecule has 7 heteroatoms. The predicted molar refractivity (Wildman–Crippen MR) is 76.5 cm³/mol. The highest BCUT2D eigenvalue weighted by atomic mass is 32.1. The van der Waals surface area contributed by atoms with Crippen molar-refractivity contribution in [3.63, 3.8) is 0 Å². The van der Waals surface area contributed by atoms with Gasteiger partial charge in [-0.15, -0.1) is 11.3 Å². The minimum Gasteiger partial charge on any atom is -0.375 e. The summed E-state index contributed by atoms with van der Waals surface area (Å²) < 4.78 is 0. The normalized spacial score (nSPS) is 10.0. The van der Waals surface area contributed by atoms with Gasteiger partial charge in [-0.3, -0.25) is 9.59 Å². The van der Waals surface area contributed by atoms with Gasteiger partial charge < -0.3 is 11.1 Å². The zero-order valence-electron chi connectivity index (χ0n) is 10.6. The molecule has 0 fully saturated rings. The Labute approximate surface area is 120 Å². The van der Waals surface area contributed by atoms with Crippen LogP contribution in [0.4, 0.5) is 10.8 Å². The molecule has 0 aliphatic heterocycles. The summed E-state index contributed by atoms with van der Waals surface area (Å²) in [6.07, 6.45) is 0.103. The second-order valence-electron chi connectivity index (χ2n) is 3.97. The number of nitrogens with two attached hydrogens (primary N) is 1.